The molecule has 0 aliphatic carbocycles. The number of imidazole rings is 3. The zero-order chi connectivity index (χ0) is 54.0. The Morgan fingerprint density at radius 2 is 0.959 bits per heavy atom. The second-order valence-corrected chi connectivity index (χ2v) is 21.5. The molecule has 0 aliphatic rings. The van der Waals surface area contributed by atoms with Crippen molar-refractivity contribution in [3.63, 3.8) is 0 Å². The first-order valence-corrected chi connectivity index (χ1v) is 27.2. The molecule has 0 spiro atoms. The van der Waals surface area contributed by atoms with E-state index in [1.807, 2.05) is 54.1 Å². The van der Waals surface area contributed by atoms with Crippen LogP contribution in [0.4, 0.5) is 0 Å². The van der Waals surface area contributed by atoms with Gasteiger partial charge in [0.05, 0.1) is 34.9 Å². The van der Waals surface area contributed by atoms with Crippen LogP contribution < -0.4 is 0 Å². The van der Waals surface area contributed by atoms with E-state index in [1.165, 1.54) is 33.4 Å². The summed E-state index contributed by atoms with van der Waals surface area (Å²) in [6, 6.07) is 37.3. The highest BCUT2D eigenvalue weighted by Crippen LogP contribution is 2.37. The number of likely N-dealkylation sites (N-methyl/N-ethyl adjacent to an activating group) is 2. The number of aryl methyl sites for hydroxylation is 6. The standard InChI is InChI=1S/C20H23N3OS.C19H21N3O.C15H14N2.C5H11NO2S/c1-13-6-9-15(10-7-13)17-18(19(25-5)20(24)22(3)4)23-12-14(2)8-11-16(23)21-17;1-13-5-8-15(9-6-13)19-16(11-18(23)21(3)4)22-12-14(2)7-10-17(22)20-19;1-11-3-6-13(7-4-11)14-10-17-9-12(2)5-8-15(17)16-14;1-6(2)5(7)4-9(3)8/h6-12,19H,1-5H3;5-10,12H,11H2,1-4H3;3-10H,1-2H3;4H2,1-3H3/p+1. The zero-order valence-electron chi connectivity index (χ0n) is 46.2. The van der Waals surface area contributed by atoms with Gasteiger partial charge in [-0.3, -0.25) is 18.6 Å². The van der Waals surface area contributed by atoms with Gasteiger partial charge in [0.2, 0.25) is 17.7 Å². The normalized spacial score (nSPS) is 11.6. The molecule has 2 unspecified atom stereocenters. The molecule has 15 heteroatoms. The lowest BCUT2D eigenvalue weighted by atomic mass is 10.1. The molecule has 0 saturated carbocycles. The lowest BCUT2D eigenvalue weighted by molar-refractivity contribution is -0.128. The second-order valence-electron chi connectivity index (χ2n) is 19.1. The van der Waals surface area contributed by atoms with Crippen molar-refractivity contribution in [2.24, 2.45) is 0 Å². The first-order valence-electron chi connectivity index (χ1n) is 24.2. The Kier molecular flexibility index (Phi) is 18.9. The number of amides is 3. The van der Waals surface area contributed by atoms with E-state index in [-0.39, 0.29) is 30.2 Å². The molecule has 3 aromatic carbocycles. The summed E-state index contributed by atoms with van der Waals surface area (Å²) in [4.78, 5) is 54.7. The third-order valence-corrected chi connectivity index (χ3v) is 13.6. The number of hydrogen-bond donors (Lipinski definition) is 0. The molecular weight excluding hydrogens is 963 g/mol. The number of nitrogens with zero attached hydrogens (tertiary/aromatic N) is 9. The maximum atomic E-state index is 12.8. The molecule has 13 nitrogen and oxygen atoms in total. The summed E-state index contributed by atoms with van der Waals surface area (Å²) in [5.74, 6) is 0.189. The number of thioether (sulfide) groups is 1. The van der Waals surface area contributed by atoms with E-state index in [1.54, 1.807) is 63.8 Å². The van der Waals surface area contributed by atoms with Gasteiger partial charge in [-0.1, -0.05) is 108 Å². The lowest BCUT2D eigenvalue weighted by Gasteiger charge is -2.20. The number of pyridine rings is 3. The van der Waals surface area contributed by atoms with Crippen LogP contribution in [0.5, 0.6) is 0 Å². The van der Waals surface area contributed by atoms with Crippen molar-refractivity contribution in [2.75, 3.05) is 60.6 Å². The topological polar surface area (TPSA) is 130 Å². The Labute approximate surface area is 444 Å². The first kappa shape index (κ1) is 55.9. The van der Waals surface area contributed by atoms with Gasteiger partial charge in [-0.05, 0) is 82.7 Å². The van der Waals surface area contributed by atoms with E-state index in [0.29, 0.717) is 6.42 Å². The molecule has 0 aliphatic heterocycles. The predicted molar refractivity (Wildman–Crippen MR) is 306 cm³/mol. The van der Waals surface area contributed by atoms with Gasteiger partial charge in [0.25, 0.3) is 0 Å². The Morgan fingerprint density at radius 3 is 1.43 bits per heavy atom. The molecule has 0 N–H and O–H groups in total. The van der Waals surface area contributed by atoms with Gasteiger partial charge >= 0.3 is 1.43 Å². The van der Waals surface area contributed by atoms with Crippen molar-refractivity contribution in [1.82, 2.24) is 42.9 Å². The van der Waals surface area contributed by atoms with Crippen molar-refractivity contribution in [3.05, 3.63) is 179 Å². The summed E-state index contributed by atoms with van der Waals surface area (Å²) < 4.78 is 16.6. The summed E-state index contributed by atoms with van der Waals surface area (Å²) in [5, 5.41) is -0.303. The molecule has 386 valence electrons. The molecule has 0 bridgehead atoms. The van der Waals surface area contributed by atoms with Gasteiger partial charge in [-0.25, -0.2) is 15.0 Å². The number of rotatable bonds is 10. The van der Waals surface area contributed by atoms with Crippen LogP contribution in [0.1, 0.15) is 51.4 Å². The highest BCUT2D eigenvalue weighted by atomic mass is 32.2. The van der Waals surface area contributed by atoms with Crippen molar-refractivity contribution in [3.8, 4) is 33.8 Å². The third-order valence-electron chi connectivity index (χ3n) is 12.1. The fraction of sp³-hybridized carbons (Fsp3) is 0.288. The Hall–Kier alpha value is -7.36. The molecule has 6 aromatic heterocycles. The van der Waals surface area contributed by atoms with Crippen LogP contribution in [0.3, 0.4) is 0 Å². The summed E-state index contributed by atoms with van der Waals surface area (Å²) in [5.41, 5.74) is 17.8. The molecule has 2 atom stereocenters. The smallest absolute Gasteiger partial charge is 0.348 e. The molecule has 0 radical (unpaired) electrons. The monoisotopic (exact) mass is 1030 g/mol. The Balaban J connectivity index is 0.000000193. The molecule has 0 fully saturated rings. The van der Waals surface area contributed by atoms with Gasteiger partial charge in [-0.15, -0.1) is 11.8 Å². The van der Waals surface area contributed by atoms with Gasteiger partial charge in [0.1, 0.15) is 27.9 Å². The number of aromatic nitrogens is 6. The Bertz CT molecular complexity index is 3420. The van der Waals surface area contributed by atoms with Crippen LogP contribution in [-0.2, 0) is 31.6 Å². The van der Waals surface area contributed by atoms with E-state index in [0.717, 1.165) is 73.2 Å². The lowest BCUT2D eigenvalue weighted by Crippen LogP contribution is -2.27. The summed E-state index contributed by atoms with van der Waals surface area (Å²) >= 11 is 1.54. The number of fused-ring (bicyclic) bond motifs is 3. The molecule has 74 heavy (non-hydrogen) atoms. The van der Waals surface area contributed by atoms with E-state index < -0.39 is 10.8 Å². The predicted octanol–water partition coefficient (Wildman–Crippen LogP) is 10.5. The van der Waals surface area contributed by atoms with Crippen LogP contribution >= 0.6 is 11.8 Å². The number of hydrogen-bond acceptors (Lipinski definition) is 8. The van der Waals surface area contributed by atoms with Crippen LogP contribution in [0, 0.1) is 41.5 Å². The minimum Gasteiger partial charge on any atom is -0.348 e. The molecule has 9 aromatic rings. The van der Waals surface area contributed by atoms with Crippen LogP contribution in [0.25, 0.3) is 50.7 Å². The van der Waals surface area contributed by atoms with Crippen molar-refractivity contribution in [1.29, 1.82) is 0 Å². The fourth-order valence-electron chi connectivity index (χ4n) is 7.79. The minimum absolute atomic E-state index is 0. The largest absolute Gasteiger partial charge is 1.00 e. The molecule has 9 rings (SSSR count). The summed E-state index contributed by atoms with van der Waals surface area (Å²) in [7, 11) is 9.44. The van der Waals surface area contributed by atoms with E-state index >= 15 is 0 Å². The SMILES string of the molecule is CN(C)C(=O)CS(C)=O.CSC(C(=O)N(C)C)c1c(-c2ccc(C)cc2)nc2ccc(C)cn12.Cc1ccc(-c2cn3cc(C)ccc3n2)cc1.Cc1ccc(-c2nc3ccc(C)cn3c2CC(=O)N(C)C)cc1.[H+]. The number of carbonyl (C=O) groups excluding carboxylic acids is 3. The molecular formula is C59H70N9O4S2+. The van der Waals surface area contributed by atoms with Crippen LogP contribution in [0.2, 0.25) is 0 Å². The van der Waals surface area contributed by atoms with E-state index in [2.05, 4.69) is 146 Å². The minimum atomic E-state index is -1.01. The van der Waals surface area contributed by atoms with Crippen LogP contribution in [0.15, 0.2) is 134 Å². The van der Waals surface area contributed by atoms with Gasteiger partial charge in [-0.2, -0.15) is 0 Å². The summed E-state index contributed by atoms with van der Waals surface area (Å²) in [6.07, 6.45) is 12.1. The molecule has 0 saturated heterocycles. The molecule has 6 heterocycles. The number of carbonyl (C=O) groups is 3. The quantitative estimate of drug-likeness (QED) is 0.132. The third kappa shape index (κ3) is 14.2. The van der Waals surface area contributed by atoms with Gasteiger partial charge < -0.3 is 27.9 Å². The highest BCUT2D eigenvalue weighted by molar-refractivity contribution is 7.99. The Morgan fingerprint density at radius 1 is 0.527 bits per heavy atom. The van der Waals surface area contributed by atoms with Crippen LogP contribution in [-0.4, -0.2) is 125 Å². The first-order chi connectivity index (χ1) is 35.1. The average molecular weight is 1030 g/mol. The number of benzene rings is 3. The maximum Gasteiger partial charge on any atom is 1.00 e. The van der Waals surface area contributed by atoms with Crippen molar-refractivity contribution >= 4 is 57.2 Å². The average Bonchev–Trinajstić information content (AvgIpc) is 4.06. The summed E-state index contributed by atoms with van der Waals surface area (Å²) in [6.45, 7) is 12.4. The second kappa shape index (κ2) is 25.0. The maximum absolute atomic E-state index is 12.8. The van der Waals surface area contributed by atoms with E-state index in [4.69, 9.17) is 9.97 Å². The fourth-order valence-corrected chi connectivity index (χ4v) is 9.26. The van der Waals surface area contributed by atoms with Crippen molar-refractivity contribution in [2.45, 2.75) is 53.2 Å². The molecule has 3 amide bonds. The zero-order valence-corrected chi connectivity index (χ0v) is 46.8. The highest BCUT2D eigenvalue weighted by Gasteiger charge is 2.29. The van der Waals surface area contributed by atoms with Gasteiger partial charge in [0.15, 0.2) is 0 Å². The van der Waals surface area contributed by atoms with E-state index in [9.17, 15) is 18.6 Å². The van der Waals surface area contributed by atoms with Crippen molar-refractivity contribution < 1.29 is 20.0 Å². The van der Waals surface area contributed by atoms with Gasteiger partial charge in [0, 0.05) is 101 Å².